The van der Waals surface area contributed by atoms with Crippen molar-refractivity contribution in [2.75, 3.05) is 39.1 Å². The fourth-order valence-corrected chi connectivity index (χ4v) is 5.20. The molecule has 0 aliphatic rings. The van der Waals surface area contributed by atoms with Crippen molar-refractivity contribution in [3.05, 3.63) is 65.7 Å². The zero-order valence-corrected chi connectivity index (χ0v) is 23.7. The van der Waals surface area contributed by atoms with Crippen molar-refractivity contribution in [1.82, 2.24) is 24.4 Å². The average Bonchev–Trinajstić information content (AvgIpc) is 3.57. The molecule has 198 valence electrons. The van der Waals surface area contributed by atoms with E-state index in [0.29, 0.717) is 12.1 Å². The normalized spacial score (nSPS) is 12.2. The van der Waals surface area contributed by atoms with Gasteiger partial charge in [-0.1, -0.05) is 61.5 Å². The molecule has 0 aliphatic carbocycles. The summed E-state index contributed by atoms with van der Waals surface area (Å²) >= 11 is 1.59. The number of thiazole rings is 1. The predicted molar refractivity (Wildman–Crippen MR) is 153 cm³/mol. The fraction of sp³-hybridized carbons (Fsp3) is 0.379. The van der Waals surface area contributed by atoms with Crippen LogP contribution in [0, 0.1) is 0 Å². The zero-order valence-electron chi connectivity index (χ0n) is 22.9. The van der Waals surface area contributed by atoms with Gasteiger partial charge in [0.25, 0.3) is 0 Å². The predicted octanol–water partition coefficient (Wildman–Crippen LogP) is 5.25. The number of fused-ring (bicyclic) bond motifs is 3. The molecule has 0 aliphatic heterocycles. The van der Waals surface area contributed by atoms with E-state index in [1.165, 1.54) is 0 Å². The Morgan fingerprint density at radius 1 is 1.00 bits per heavy atom. The molecule has 0 spiro atoms. The van der Waals surface area contributed by atoms with Gasteiger partial charge in [-0.15, -0.1) is 0 Å². The van der Waals surface area contributed by atoms with Crippen molar-refractivity contribution < 1.29 is 9.32 Å². The summed E-state index contributed by atoms with van der Waals surface area (Å²) in [6.07, 6.45) is 2.69. The van der Waals surface area contributed by atoms with E-state index in [1.807, 2.05) is 30.3 Å². The number of aromatic nitrogens is 4. The standard InChI is InChI=1S/C29H34N6O2S/c1-29(2,3)25-17-21(32-37-25)16-22(36)15-19-7-9-20(10-8-19)23-18-35-24-11-12-26(34(6)14-13-33(4)5)31-27(24)38-28(35)30-23/h7-12,17-18H,13-16H2,1-6H3. The molecule has 0 saturated carbocycles. The van der Waals surface area contributed by atoms with Crippen molar-refractivity contribution in [2.45, 2.75) is 39.0 Å². The highest BCUT2D eigenvalue weighted by Gasteiger charge is 2.20. The number of hydrogen-bond donors (Lipinski definition) is 0. The number of hydrogen-bond acceptors (Lipinski definition) is 8. The van der Waals surface area contributed by atoms with Gasteiger partial charge in [-0.3, -0.25) is 9.20 Å². The quantitative estimate of drug-likeness (QED) is 0.258. The number of imidazole rings is 1. The van der Waals surface area contributed by atoms with Crippen LogP contribution in [0.15, 0.2) is 53.2 Å². The first-order chi connectivity index (χ1) is 18.1. The number of nitrogens with zero attached hydrogens (tertiary/aromatic N) is 6. The van der Waals surface area contributed by atoms with E-state index < -0.39 is 0 Å². The number of carbonyl (C=O) groups excluding carboxylic acids is 1. The molecule has 0 fully saturated rings. The molecule has 5 aromatic rings. The molecular formula is C29H34N6O2S. The Morgan fingerprint density at radius 2 is 1.76 bits per heavy atom. The minimum absolute atomic E-state index is 0.111. The lowest BCUT2D eigenvalue weighted by molar-refractivity contribution is -0.117. The molecule has 0 atom stereocenters. The molecule has 0 unspecified atom stereocenters. The highest BCUT2D eigenvalue weighted by molar-refractivity contribution is 7.23. The van der Waals surface area contributed by atoms with Crippen LogP contribution >= 0.6 is 11.3 Å². The molecule has 4 heterocycles. The third kappa shape index (κ3) is 5.63. The van der Waals surface area contributed by atoms with Gasteiger partial charge in [0.1, 0.15) is 22.2 Å². The minimum Gasteiger partial charge on any atom is -0.361 e. The molecule has 0 saturated heterocycles. The summed E-state index contributed by atoms with van der Waals surface area (Å²) in [4.78, 5) is 28.6. The minimum atomic E-state index is -0.125. The molecule has 5 rings (SSSR count). The largest absolute Gasteiger partial charge is 0.361 e. The summed E-state index contributed by atoms with van der Waals surface area (Å²) < 4.78 is 7.51. The van der Waals surface area contributed by atoms with Crippen molar-refractivity contribution in [3.8, 4) is 11.3 Å². The number of benzene rings is 1. The molecule has 4 aromatic heterocycles. The van der Waals surface area contributed by atoms with Gasteiger partial charge in [-0.25, -0.2) is 9.97 Å². The Bertz CT molecular complexity index is 1570. The maximum absolute atomic E-state index is 12.6. The van der Waals surface area contributed by atoms with Crippen LogP contribution < -0.4 is 4.90 Å². The first-order valence-electron chi connectivity index (χ1n) is 12.8. The summed E-state index contributed by atoms with van der Waals surface area (Å²) in [5.41, 5.74) is 4.51. The topological polar surface area (TPSA) is 79.8 Å². The van der Waals surface area contributed by atoms with Gasteiger partial charge in [0.15, 0.2) is 4.96 Å². The van der Waals surface area contributed by atoms with Gasteiger partial charge in [-0.05, 0) is 31.8 Å². The number of ketones is 1. The molecule has 0 bridgehead atoms. The number of Topliss-reactive ketones (excluding diaryl/α,β-unsaturated/α-hetero) is 1. The summed E-state index contributed by atoms with van der Waals surface area (Å²) in [5.74, 6) is 1.87. The van der Waals surface area contributed by atoms with Crippen LogP contribution in [0.4, 0.5) is 5.82 Å². The summed E-state index contributed by atoms with van der Waals surface area (Å²) in [5, 5.41) is 4.07. The van der Waals surface area contributed by atoms with Crippen molar-refractivity contribution in [1.29, 1.82) is 0 Å². The SMILES string of the molecule is CN(C)CCN(C)c1ccc2c(n1)sc1nc(-c3ccc(CC(=O)Cc4cc(C(C)(C)C)on4)cc3)cn12. The molecule has 1 aromatic carbocycles. The van der Waals surface area contributed by atoms with Gasteiger partial charge in [0, 0.05) is 49.8 Å². The van der Waals surface area contributed by atoms with Gasteiger partial charge in [-0.2, -0.15) is 0 Å². The lowest BCUT2D eigenvalue weighted by atomic mass is 9.93. The Labute approximate surface area is 226 Å². The Morgan fingerprint density at radius 3 is 2.45 bits per heavy atom. The third-order valence-corrected chi connectivity index (χ3v) is 7.51. The van der Waals surface area contributed by atoms with E-state index in [-0.39, 0.29) is 17.6 Å². The third-order valence-electron chi connectivity index (χ3n) is 6.55. The number of pyridine rings is 1. The number of anilines is 1. The average molecular weight is 531 g/mol. The second-order valence-electron chi connectivity index (χ2n) is 11.1. The van der Waals surface area contributed by atoms with E-state index in [4.69, 9.17) is 14.5 Å². The van der Waals surface area contributed by atoms with E-state index in [0.717, 1.165) is 56.8 Å². The van der Waals surface area contributed by atoms with Gasteiger partial charge < -0.3 is 14.3 Å². The molecule has 8 nitrogen and oxygen atoms in total. The van der Waals surface area contributed by atoms with Crippen LogP contribution in [0.1, 0.15) is 37.8 Å². The lowest BCUT2D eigenvalue weighted by Gasteiger charge is -2.20. The molecule has 0 N–H and O–H groups in total. The van der Waals surface area contributed by atoms with Gasteiger partial charge in [0.05, 0.1) is 23.3 Å². The van der Waals surface area contributed by atoms with E-state index in [9.17, 15) is 4.79 Å². The van der Waals surface area contributed by atoms with Gasteiger partial charge >= 0.3 is 0 Å². The Hall–Kier alpha value is -3.56. The zero-order chi connectivity index (χ0) is 27.0. The maximum atomic E-state index is 12.6. The van der Waals surface area contributed by atoms with E-state index in [2.05, 4.69) is 79.6 Å². The second-order valence-corrected chi connectivity index (χ2v) is 12.1. The highest BCUT2D eigenvalue weighted by atomic mass is 32.1. The second kappa shape index (κ2) is 10.3. The molecule has 38 heavy (non-hydrogen) atoms. The Kier molecular flexibility index (Phi) is 7.07. The lowest BCUT2D eigenvalue weighted by Crippen LogP contribution is -2.28. The summed E-state index contributed by atoms with van der Waals surface area (Å²) in [7, 11) is 6.22. The van der Waals surface area contributed by atoms with Gasteiger partial charge in [0.2, 0.25) is 0 Å². The van der Waals surface area contributed by atoms with Crippen molar-refractivity contribution >= 4 is 38.2 Å². The monoisotopic (exact) mass is 530 g/mol. The number of rotatable bonds is 9. The van der Waals surface area contributed by atoms with Crippen molar-refractivity contribution in [2.24, 2.45) is 0 Å². The molecule has 0 radical (unpaired) electrons. The number of likely N-dealkylation sites (N-methyl/N-ethyl adjacent to an activating group) is 2. The smallest absolute Gasteiger partial charge is 0.196 e. The van der Waals surface area contributed by atoms with Crippen LogP contribution in [0.5, 0.6) is 0 Å². The summed E-state index contributed by atoms with van der Waals surface area (Å²) in [6, 6.07) is 14.1. The Balaban J connectivity index is 1.26. The molecule has 9 heteroatoms. The summed E-state index contributed by atoms with van der Waals surface area (Å²) in [6.45, 7) is 8.07. The maximum Gasteiger partial charge on any atom is 0.196 e. The van der Waals surface area contributed by atoms with Crippen LogP contribution in [0.25, 0.3) is 26.6 Å². The van der Waals surface area contributed by atoms with Crippen LogP contribution in [0.3, 0.4) is 0 Å². The first kappa shape index (κ1) is 26.1. The van der Waals surface area contributed by atoms with Crippen LogP contribution in [-0.2, 0) is 23.1 Å². The first-order valence-corrected chi connectivity index (χ1v) is 13.6. The van der Waals surface area contributed by atoms with Crippen molar-refractivity contribution in [3.63, 3.8) is 0 Å². The number of carbonyl (C=O) groups is 1. The molecular weight excluding hydrogens is 496 g/mol. The van der Waals surface area contributed by atoms with Crippen LogP contribution in [0.2, 0.25) is 0 Å². The highest BCUT2D eigenvalue weighted by Crippen LogP contribution is 2.30. The van der Waals surface area contributed by atoms with E-state index in [1.54, 1.807) is 11.3 Å². The fourth-order valence-electron chi connectivity index (χ4n) is 4.23. The van der Waals surface area contributed by atoms with Crippen LogP contribution in [-0.4, -0.2) is 64.4 Å². The van der Waals surface area contributed by atoms with E-state index >= 15 is 0 Å². The molecule has 0 amide bonds.